The molecule has 0 amide bonds. The van der Waals surface area contributed by atoms with Gasteiger partial charge in [0.1, 0.15) is 5.75 Å². The van der Waals surface area contributed by atoms with Crippen molar-refractivity contribution in [3.8, 4) is 11.5 Å². The van der Waals surface area contributed by atoms with Gasteiger partial charge in [-0.25, -0.2) is 0 Å². The number of alkyl halides is 3. The molecule has 0 unspecified atom stereocenters. The number of benzene rings is 2. The second kappa shape index (κ2) is 6.37. The first-order valence-electron chi connectivity index (χ1n) is 6.15. The fraction of sp³-hybridized carbons (Fsp3) is 0.143. The van der Waals surface area contributed by atoms with Gasteiger partial charge in [0.15, 0.2) is 0 Å². The summed E-state index contributed by atoms with van der Waals surface area (Å²) in [5, 5.41) is 11.0. The number of ether oxygens (including phenoxy) is 1. The zero-order valence-electron chi connectivity index (χ0n) is 11.7. The van der Waals surface area contributed by atoms with Crippen LogP contribution in [0.3, 0.4) is 0 Å². The SMILES string of the molecule is C[S@](=O)c1ccc(Oc2ccc(C(F)(F)F)cc2[N+](=O)[O-])cc1. The van der Waals surface area contributed by atoms with Gasteiger partial charge in [0.2, 0.25) is 5.75 Å². The van der Waals surface area contributed by atoms with Crippen LogP contribution in [0.25, 0.3) is 0 Å². The highest BCUT2D eigenvalue weighted by Crippen LogP contribution is 2.37. The second-order valence-electron chi connectivity index (χ2n) is 4.46. The highest BCUT2D eigenvalue weighted by Gasteiger charge is 2.33. The molecule has 23 heavy (non-hydrogen) atoms. The Hall–Kier alpha value is -2.42. The van der Waals surface area contributed by atoms with E-state index in [9.17, 15) is 27.5 Å². The minimum Gasteiger partial charge on any atom is -0.450 e. The summed E-state index contributed by atoms with van der Waals surface area (Å²) in [6, 6.07) is 7.88. The molecule has 2 aromatic carbocycles. The van der Waals surface area contributed by atoms with Crippen molar-refractivity contribution in [2.24, 2.45) is 0 Å². The summed E-state index contributed by atoms with van der Waals surface area (Å²) in [6.07, 6.45) is -3.20. The fourth-order valence-electron chi connectivity index (χ4n) is 1.75. The van der Waals surface area contributed by atoms with Gasteiger partial charge >= 0.3 is 11.9 Å². The van der Waals surface area contributed by atoms with Gasteiger partial charge < -0.3 is 4.74 Å². The minimum absolute atomic E-state index is 0.182. The molecule has 122 valence electrons. The zero-order valence-corrected chi connectivity index (χ0v) is 12.5. The van der Waals surface area contributed by atoms with E-state index >= 15 is 0 Å². The van der Waals surface area contributed by atoms with Crippen molar-refractivity contribution in [2.45, 2.75) is 11.1 Å². The molecule has 0 aliphatic carbocycles. The smallest absolute Gasteiger partial charge is 0.416 e. The number of nitrogens with zero attached hydrogens (tertiary/aromatic N) is 1. The van der Waals surface area contributed by atoms with E-state index in [4.69, 9.17) is 4.74 Å². The van der Waals surface area contributed by atoms with Crippen molar-refractivity contribution in [1.29, 1.82) is 0 Å². The molecule has 2 aromatic rings. The third-order valence-electron chi connectivity index (χ3n) is 2.87. The van der Waals surface area contributed by atoms with Gasteiger partial charge in [-0.2, -0.15) is 13.2 Å². The number of nitro groups is 1. The molecule has 0 fully saturated rings. The van der Waals surface area contributed by atoms with Crippen molar-refractivity contribution in [1.82, 2.24) is 0 Å². The molecule has 0 heterocycles. The monoisotopic (exact) mass is 345 g/mol. The fourth-order valence-corrected chi connectivity index (χ4v) is 2.27. The van der Waals surface area contributed by atoms with Gasteiger partial charge in [0.05, 0.1) is 10.5 Å². The summed E-state index contributed by atoms with van der Waals surface area (Å²) in [4.78, 5) is 10.5. The van der Waals surface area contributed by atoms with Crippen LogP contribution in [0.5, 0.6) is 11.5 Å². The Bertz CT molecular complexity index is 760. The van der Waals surface area contributed by atoms with E-state index in [0.29, 0.717) is 17.0 Å². The number of nitro benzene ring substituents is 1. The summed E-state index contributed by atoms with van der Waals surface area (Å²) >= 11 is 0. The Morgan fingerprint density at radius 2 is 1.74 bits per heavy atom. The maximum atomic E-state index is 12.6. The molecule has 0 bridgehead atoms. The van der Waals surface area contributed by atoms with E-state index in [-0.39, 0.29) is 11.5 Å². The lowest BCUT2D eigenvalue weighted by Crippen LogP contribution is -2.06. The van der Waals surface area contributed by atoms with Crippen molar-refractivity contribution >= 4 is 16.5 Å². The average molecular weight is 345 g/mol. The molecule has 0 radical (unpaired) electrons. The lowest BCUT2D eigenvalue weighted by molar-refractivity contribution is -0.385. The van der Waals surface area contributed by atoms with Gasteiger partial charge in [0.25, 0.3) is 0 Å². The molecule has 9 heteroatoms. The maximum Gasteiger partial charge on any atom is 0.416 e. The molecule has 0 aromatic heterocycles. The van der Waals surface area contributed by atoms with Gasteiger partial charge in [0, 0.05) is 28.0 Å². The van der Waals surface area contributed by atoms with E-state index in [1.807, 2.05) is 0 Å². The molecule has 0 aliphatic heterocycles. The molecule has 5 nitrogen and oxygen atoms in total. The topological polar surface area (TPSA) is 69.4 Å². The average Bonchev–Trinajstić information content (AvgIpc) is 2.46. The van der Waals surface area contributed by atoms with Crippen molar-refractivity contribution in [2.75, 3.05) is 6.26 Å². The number of rotatable bonds is 4. The first kappa shape index (κ1) is 16.9. The van der Waals surface area contributed by atoms with Gasteiger partial charge in [-0.05, 0) is 36.4 Å². The summed E-state index contributed by atoms with van der Waals surface area (Å²) in [5.41, 5.74) is -1.92. The predicted molar refractivity (Wildman–Crippen MR) is 76.9 cm³/mol. The van der Waals surface area contributed by atoms with Crippen molar-refractivity contribution in [3.63, 3.8) is 0 Å². The molecular formula is C14H10F3NO4S. The lowest BCUT2D eigenvalue weighted by atomic mass is 10.2. The zero-order chi connectivity index (χ0) is 17.2. The van der Waals surface area contributed by atoms with Crippen LogP contribution in [0.4, 0.5) is 18.9 Å². The summed E-state index contributed by atoms with van der Waals surface area (Å²) in [7, 11) is -1.20. The van der Waals surface area contributed by atoms with Crippen LogP contribution in [0.1, 0.15) is 5.56 Å². The summed E-state index contributed by atoms with van der Waals surface area (Å²) in [6.45, 7) is 0. The first-order chi connectivity index (χ1) is 10.7. The van der Waals surface area contributed by atoms with E-state index in [1.54, 1.807) is 0 Å². The Morgan fingerprint density at radius 3 is 2.22 bits per heavy atom. The Kier molecular flexibility index (Phi) is 4.69. The van der Waals surface area contributed by atoms with Gasteiger partial charge in [-0.15, -0.1) is 0 Å². The first-order valence-corrected chi connectivity index (χ1v) is 7.71. The molecule has 0 spiro atoms. The molecular weight excluding hydrogens is 335 g/mol. The molecule has 1 atom stereocenters. The van der Waals surface area contributed by atoms with Crippen molar-refractivity contribution < 1.29 is 27.0 Å². The van der Waals surface area contributed by atoms with Crippen LogP contribution in [0, 0.1) is 10.1 Å². The lowest BCUT2D eigenvalue weighted by Gasteiger charge is -2.10. The largest absolute Gasteiger partial charge is 0.450 e. The van der Waals surface area contributed by atoms with Crippen LogP contribution in [-0.4, -0.2) is 15.4 Å². The van der Waals surface area contributed by atoms with Crippen molar-refractivity contribution in [3.05, 3.63) is 58.1 Å². The third kappa shape index (κ3) is 4.07. The predicted octanol–water partition coefficient (Wildman–Crippen LogP) is 4.14. The van der Waals surface area contributed by atoms with Crippen LogP contribution >= 0.6 is 0 Å². The second-order valence-corrected chi connectivity index (χ2v) is 5.84. The standard InChI is InChI=1S/C14H10F3NO4S/c1-23(21)11-5-3-10(4-6-11)22-13-7-2-9(14(15,16)17)8-12(13)18(19)20/h2-8H,1H3/t23-/m0/s1. The number of halogens is 3. The summed E-state index contributed by atoms with van der Waals surface area (Å²) in [5.74, 6) is -0.129. The quantitative estimate of drug-likeness (QED) is 0.617. The summed E-state index contributed by atoms with van der Waals surface area (Å²) < 4.78 is 54.4. The Morgan fingerprint density at radius 1 is 1.13 bits per heavy atom. The van der Waals surface area contributed by atoms with E-state index in [2.05, 4.69) is 0 Å². The van der Waals surface area contributed by atoms with E-state index in [1.165, 1.54) is 30.5 Å². The maximum absolute atomic E-state index is 12.6. The Balaban J connectivity index is 2.35. The van der Waals surface area contributed by atoms with Crippen LogP contribution in [-0.2, 0) is 17.0 Å². The molecule has 0 saturated carbocycles. The molecule has 0 aliphatic rings. The molecule has 0 N–H and O–H groups in total. The van der Waals surface area contributed by atoms with Gasteiger partial charge in [-0.3, -0.25) is 14.3 Å². The highest BCUT2D eigenvalue weighted by molar-refractivity contribution is 7.84. The minimum atomic E-state index is -4.68. The Labute approximate surface area is 131 Å². The van der Waals surface area contributed by atoms with Crippen LogP contribution in [0.2, 0.25) is 0 Å². The molecule has 2 rings (SSSR count). The highest BCUT2D eigenvalue weighted by atomic mass is 32.2. The van der Waals surface area contributed by atoms with Gasteiger partial charge in [-0.1, -0.05) is 0 Å². The third-order valence-corrected chi connectivity index (χ3v) is 3.80. The van der Waals surface area contributed by atoms with Crippen LogP contribution in [0.15, 0.2) is 47.4 Å². The normalized spacial score (nSPS) is 12.7. The van der Waals surface area contributed by atoms with Crippen LogP contribution < -0.4 is 4.74 Å². The van der Waals surface area contributed by atoms with E-state index in [0.717, 1.165) is 6.07 Å². The molecule has 0 saturated heterocycles. The number of hydrogen-bond acceptors (Lipinski definition) is 4. The van der Waals surface area contributed by atoms with E-state index < -0.39 is 33.2 Å². The number of hydrogen-bond donors (Lipinski definition) is 0.